The number of para-hydroxylation sites is 1. The lowest BCUT2D eigenvalue weighted by Gasteiger charge is -2.26. The summed E-state index contributed by atoms with van der Waals surface area (Å²) in [5.74, 6) is 0. The molecule has 0 N–H and O–H groups in total. The Balaban J connectivity index is 2.44. The molecule has 0 saturated carbocycles. The zero-order chi connectivity index (χ0) is 16.0. The predicted molar refractivity (Wildman–Crippen MR) is 104 cm³/mol. The van der Waals surface area contributed by atoms with Gasteiger partial charge in [0.05, 0.1) is 5.69 Å². The topological polar surface area (TPSA) is 3.24 Å². The third-order valence-corrected chi connectivity index (χ3v) is 4.93. The fourth-order valence-corrected chi connectivity index (χ4v) is 3.41. The zero-order valence-corrected chi connectivity index (χ0v) is 16.2. The second-order valence-corrected chi connectivity index (χ2v) is 7.12. The van der Waals surface area contributed by atoms with Gasteiger partial charge < -0.3 is 4.90 Å². The number of benzene rings is 1. The highest BCUT2D eigenvalue weighted by atomic mass is 79.9. The summed E-state index contributed by atoms with van der Waals surface area (Å²) in [5, 5.41) is 0. The molecule has 0 amide bonds. The van der Waals surface area contributed by atoms with Crippen molar-refractivity contribution < 1.29 is 0 Å². The van der Waals surface area contributed by atoms with Gasteiger partial charge >= 0.3 is 0 Å². The van der Waals surface area contributed by atoms with Gasteiger partial charge in [-0.15, -0.1) is 0 Å². The van der Waals surface area contributed by atoms with E-state index in [2.05, 4.69) is 58.9 Å². The minimum absolute atomic E-state index is 1.19. The van der Waals surface area contributed by atoms with Crippen molar-refractivity contribution in [3.8, 4) is 0 Å². The Morgan fingerprint density at radius 1 is 0.727 bits per heavy atom. The zero-order valence-electron chi connectivity index (χ0n) is 14.6. The second-order valence-electron chi connectivity index (χ2n) is 6.27. The summed E-state index contributed by atoms with van der Waals surface area (Å²) in [6, 6.07) is 8.67. The molecule has 22 heavy (non-hydrogen) atoms. The third-order valence-electron chi connectivity index (χ3n) is 4.26. The molecule has 0 unspecified atom stereocenters. The van der Waals surface area contributed by atoms with Gasteiger partial charge in [0.2, 0.25) is 0 Å². The lowest BCUT2D eigenvalue weighted by atomic mass is 10.1. The van der Waals surface area contributed by atoms with Crippen molar-refractivity contribution in [1.82, 2.24) is 0 Å². The highest BCUT2D eigenvalue weighted by Gasteiger charge is 2.09. The van der Waals surface area contributed by atoms with Gasteiger partial charge in [0, 0.05) is 17.6 Å². The van der Waals surface area contributed by atoms with E-state index >= 15 is 0 Å². The number of hydrogen-bond donors (Lipinski definition) is 0. The highest BCUT2D eigenvalue weighted by Crippen LogP contribution is 2.26. The highest BCUT2D eigenvalue weighted by molar-refractivity contribution is 9.10. The van der Waals surface area contributed by atoms with Crippen molar-refractivity contribution in [2.75, 3.05) is 18.0 Å². The maximum absolute atomic E-state index is 3.72. The van der Waals surface area contributed by atoms with Gasteiger partial charge in [-0.05, 0) is 40.9 Å². The van der Waals surface area contributed by atoms with Crippen LogP contribution in [0.1, 0.15) is 78.1 Å². The van der Waals surface area contributed by atoms with Crippen LogP contribution in [-0.2, 0) is 0 Å². The molecule has 0 aliphatic rings. The molecule has 1 nitrogen and oxygen atoms in total. The first-order valence-electron chi connectivity index (χ1n) is 9.29. The van der Waals surface area contributed by atoms with Crippen LogP contribution >= 0.6 is 15.9 Å². The van der Waals surface area contributed by atoms with Gasteiger partial charge in [0.15, 0.2) is 0 Å². The molecule has 0 heterocycles. The van der Waals surface area contributed by atoms with Gasteiger partial charge in [0.25, 0.3) is 0 Å². The minimum Gasteiger partial charge on any atom is -0.371 e. The minimum atomic E-state index is 1.19. The number of hydrogen-bond acceptors (Lipinski definition) is 1. The quantitative estimate of drug-likeness (QED) is 0.333. The van der Waals surface area contributed by atoms with E-state index in [0.29, 0.717) is 0 Å². The molecule has 126 valence electrons. The second kappa shape index (κ2) is 13.0. The molecular formula is C20H34BrN. The summed E-state index contributed by atoms with van der Waals surface area (Å²) in [4.78, 5) is 2.59. The van der Waals surface area contributed by atoms with Crippen LogP contribution in [-0.4, -0.2) is 13.1 Å². The fourth-order valence-electron chi connectivity index (χ4n) is 2.87. The number of rotatable bonds is 13. The Bertz CT molecular complexity index is 364. The molecule has 1 aromatic carbocycles. The molecule has 0 saturated heterocycles. The summed E-state index contributed by atoms with van der Waals surface area (Å²) in [6.07, 6.45) is 13.5. The fraction of sp³-hybridized carbons (Fsp3) is 0.700. The Kier molecular flexibility index (Phi) is 11.5. The molecule has 0 aromatic heterocycles. The molecule has 0 spiro atoms. The number of halogens is 1. The van der Waals surface area contributed by atoms with Crippen LogP contribution in [0.25, 0.3) is 0 Å². The monoisotopic (exact) mass is 367 g/mol. The van der Waals surface area contributed by atoms with Crippen LogP contribution < -0.4 is 4.90 Å². The van der Waals surface area contributed by atoms with Gasteiger partial charge in [-0.1, -0.05) is 77.3 Å². The molecule has 1 rings (SSSR count). The first kappa shape index (κ1) is 19.5. The van der Waals surface area contributed by atoms with Crippen molar-refractivity contribution in [2.45, 2.75) is 78.1 Å². The maximum atomic E-state index is 3.72. The summed E-state index contributed by atoms with van der Waals surface area (Å²) >= 11 is 3.72. The SMILES string of the molecule is CCCCCCCN(CCCCCCC)c1ccccc1Br. The first-order valence-corrected chi connectivity index (χ1v) is 10.1. The number of unbranched alkanes of at least 4 members (excludes halogenated alkanes) is 8. The molecule has 0 aliphatic heterocycles. The van der Waals surface area contributed by atoms with Crippen LogP contribution in [0.4, 0.5) is 5.69 Å². The Labute approximate surface area is 146 Å². The van der Waals surface area contributed by atoms with E-state index in [1.165, 1.54) is 87.5 Å². The Hall–Kier alpha value is -0.500. The number of anilines is 1. The van der Waals surface area contributed by atoms with E-state index in [-0.39, 0.29) is 0 Å². The Morgan fingerprint density at radius 3 is 1.73 bits per heavy atom. The summed E-state index contributed by atoms with van der Waals surface area (Å²) in [5.41, 5.74) is 1.37. The van der Waals surface area contributed by atoms with E-state index in [1.54, 1.807) is 0 Å². The molecule has 0 radical (unpaired) electrons. The van der Waals surface area contributed by atoms with Crippen LogP contribution in [0.2, 0.25) is 0 Å². The smallest absolute Gasteiger partial charge is 0.0510 e. The van der Waals surface area contributed by atoms with E-state index < -0.39 is 0 Å². The van der Waals surface area contributed by atoms with Gasteiger partial charge in [-0.3, -0.25) is 0 Å². The average Bonchev–Trinajstić information content (AvgIpc) is 2.53. The van der Waals surface area contributed by atoms with Crippen LogP contribution in [0.15, 0.2) is 28.7 Å². The summed E-state index contributed by atoms with van der Waals surface area (Å²) < 4.78 is 1.23. The van der Waals surface area contributed by atoms with Crippen LogP contribution in [0.5, 0.6) is 0 Å². The standard InChI is InChI=1S/C20H34BrN/c1-3-5-7-9-13-17-22(18-14-10-8-6-4-2)20-16-12-11-15-19(20)21/h11-12,15-16H,3-10,13-14,17-18H2,1-2H3. The van der Waals surface area contributed by atoms with Gasteiger partial charge in [-0.2, -0.15) is 0 Å². The van der Waals surface area contributed by atoms with E-state index in [0.717, 1.165) is 0 Å². The lowest BCUT2D eigenvalue weighted by molar-refractivity contribution is 0.589. The van der Waals surface area contributed by atoms with E-state index in [4.69, 9.17) is 0 Å². The van der Waals surface area contributed by atoms with Gasteiger partial charge in [0.1, 0.15) is 0 Å². The lowest BCUT2D eigenvalue weighted by Crippen LogP contribution is -2.26. The van der Waals surface area contributed by atoms with Crippen molar-refractivity contribution in [3.63, 3.8) is 0 Å². The predicted octanol–water partition coefficient (Wildman–Crippen LogP) is 7.20. The largest absolute Gasteiger partial charge is 0.371 e. The molecular weight excluding hydrogens is 334 g/mol. The van der Waals surface area contributed by atoms with E-state index in [1.807, 2.05) is 0 Å². The van der Waals surface area contributed by atoms with Crippen molar-refractivity contribution >= 4 is 21.6 Å². The van der Waals surface area contributed by atoms with Gasteiger partial charge in [-0.25, -0.2) is 0 Å². The molecule has 2 heteroatoms. The molecule has 0 fully saturated rings. The molecule has 0 atom stereocenters. The molecule has 0 aliphatic carbocycles. The third kappa shape index (κ3) is 8.22. The van der Waals surface area contributed by atoms with Crippen LogP contribution in [0, 0.1) is 0 Å². The van der Waals surface area contributed by atoms with Crippen molar-refractivity contribution in [3.05, 3.63) is 28.7 Å². The van der Waals surface area contributed by atoms with Crippen LogP contribution in [0.3, 0.4) is 0 Å². The summed E-state index contributed by atoms with van der Waals surface area (Å²) in [6.45, 7) is 6.95. The van der Waals surface area contributed by atoms with Crippen molar-refractivity contribution in [2.24, 2.45) is 0 Å². The normalized spacial score (nSPS) is 10.9. The maximum Gasteiger partial charge on any atom is 0.0510 e. The Morgan fingerprint density at radius 2 is 1.23 bits per heavy atom. The molecule has 0 bridgehead atoms. The average molecular weight is 368 g/mol. The van der Waals surface area contributed by atoms with E-state index in [9.17, 15) is 0 Å². The first-order chi connectivity index (χ1) is 10.8. The molecule has 1 aromatic rings. The number of nitrogens with zero attached hydrogens (tertiary/aromatic N) is 1. The summed E-state index contributed by atoms with van der Waals surface area (Å²) in [7, 11) is 0. The van der Waals surface area contributed by atoms with Crippen molar-refractivity contribution in [1.29, 1.82) is 0 Å².